The molecule has 66 valence electrons. The summed E-state index contributed by atoms with van der Waals surface area (Å²) in [4.78, 5) is 3.66. The molecule has 6 heteroatoms. The van der Waals surface area contributed by atoms with E-state index in [1.807, 2.05) is 6.92 Å². The minimum absolute atomic E-state index is 0. The molecule has 0 atom stereocenters. The summed E-state index contributed by atoms with van der Waals surface area (Å²) in [6.07, 6.45) is 1.55. The molecule has 0 N–H and O–H groups in total. The van der Waals surface area contributed by atoms with Gasteiger partial charge in [0.1, 0.15) is 0 Å². The van der Waals surface area contributed by atoms with E-state index in [2.05, 4.69) is 4.98 Å². The van der Waals surface area contributed by atoms with Crippen molar-refractivity contribution in [3.8, 4) is 0 Å². The molecule has 0 amide bonds. The summed E-state index contributed by atoms with van der Waals surface area (Å²) in [5.41, 5.74) is 0.0472. The summed E-state index contributed by atoms with van der Waals surface area (Å²) >= 11 is 0. The molecule has 0 spiro atoms. The number of aromatic nitrogens is 1. The number of pyridine rings is 1. The van der Waals surface area contributed by atoms with Crippen molar-refractivity contribution in [2.45, 2.75) is 13.3 Å². The summed E-state index contributed by atoms with van der Waals surface area (Å²) < 4.78 is 36.1. The van der Waals surface area contributed by atoms with Gasteiger partial charge in [-0.2, -0.15) is 0 Å². The van der Waals surface area contributed by atoms with Gasteiger partial charge in [0.05, 0.1) is 0 Å². The van der Waals surface area contributed by atoms with Crippen molar-refractivity contribution in [2.75, 3.05) is 0 Å². The summed E-state index contributed by atoms with van der Waals surface area (Å²) in [5.74, 6) is 0. The van der Waals surface area contributed by atoms with Crippen LogP contribution in [-0.4, -0.2) is 12.0 Å². The van der Waals surface area contributed by atoms with E-state index in [4.69, 9.17) is 0 Å². The first-order chi connectivity index (χ1) is 5.54. The van der Waals surface area contributed by atoms with Crippen molar-refractivity contribution >= 4 is 12.4 Å². The Morgan fingerprint density at radius 2 is 1.92 bits per heavy atom. The predicted octanol–water partition coefficient (Wildman–Crippen LogP) is -1.30. The molecule has 0 fully saturated rings. The van der Waals surface area contributed by atoms with Crippen LogP contribution in [0.4, 0.5) is 12.9 Å². The molecule has 0 aliphatic heterocycles. The molecule has 0 aliphatic carbocycles. The van der Waals surface area contributed by atoms with E-state index in [-0.39, 0.29) is 51.4 Å². The monoisotopic (exact) mass is 213 g/mol. The Bertz CT molecular complexity index is 259. The Labute approximate surface area is 118 Å². The third-order valence-corrected chi connectivity index (χ3v) is 1.59. The van der Waals surface area contributed by atoms with Crippen LogP contribution in [-0.2, 0) is 6.42 Å². The zero-order valence-corrected chi connectivity index (χ0v) is 10.7. The Morgan fingerprint density at radius 1 is 1.31 bits per heavy atom. The Hall–Kier alpha value is 0.641. The van der Waals surface area contributed by atoms with Gasteiger partial charge in [0.25, 0.3) is 0 Å². The number of nitrogens with zero attached hydrogens (tertiary/aromatic N) is 1. The maximum absolute atomic E-state index is 12.0. The summed E-state index contributed by atoms with van der Waals surface area (Å²) in [7, 11) is 0. The molecule has 1 rings (SSSR count). The van der Waals surface area contributed by atoms with Gasteiger partial charge in [0, 0.05) is 11.9 Å². The fourth-order valence-corrected chi connectivity index (χ4v) is 0.839. The number of rotatable bonds is 2. The number of halogens is 3. The van der Waals surface area contributed by atoms with Crippen LogP contribution in [0.1, 0.15) is 12.6 Å². The summed E-state index contributed by atoms with van der Waals surface area (Å²) in [6, 6.07) is 2.48. The van der Waals surface area contributed by atoms with Crippen molar-refractivity contribution < 1.29 is 64.3 Å². The SMILES string of the molecule is CCc1ccc([B-](F)(F)F)cn1.[K+]. The normalized spacial score (nSPS) is 10.8. The maximum atomic E-state index is 12.0. The average molecular weight is 213 g/mol. The number of hydrogen-bond donors (Lipinski definition) is 0. The second-order valence-corrected chi connectivity index (χ2v) is 2.51. The van der Waals surface area contributed by atoms with Gasteiger partial charge < -0.3 is 12.9 Å². The standard InChI is InChI=1S/C7H8BF3N.K/c1-2-7-4-3-6(5-12-7)8(9,10)11;/h3-5H,2H2,1H3;/q-1;+1. The van der Waals surface area contributed by atoms with Crippen molar-refractivity contribution in [3.63, 3.8) is 0 Å². The van der Waals surface area contributed by atoms with E-state index < -0.39 is 12.4 Å². The quantitative estimate of drug-likeness (QED) is 0.556. The first-order valence-electron chi connectivity index (χ1n) is 3.69. The molecule has 1 aromatic rings. The first-order valence-corrected chi connectivity index (χ1v) is 3.69. The Morgan fingerprint density at radius 3 is 2.23 bits per heavy atom. The summed E-state index contributed by atoms with van der Waals surface area (Å²) in [5, 5.41) is 0. The fraction of sp³-hybridized carbons (Fsp3) is 0.286. The molecule has 1 nitrogen and oxygen atoms in total. The van der Waals surface area contributed by atoms with Crippen molar-refractivity contribution in [1.82, 2.24) is 4.98 Å². The topological polar surface area (TPSA) is 12.9 Å². The molecule has 13 heavy (non-hydrogen) atoms. The van der Waals surface area contributed by atoms with Crippen LogP contribution in [0.3, 0.4) is 0 Å². The zero-order chi connectivity index (χ0) is 9.19. The minimum atomic E-state index is -4.89. The van der Waals surface area contributed by atoms with E-state index in [9.17, 15) is 12.9 Å². The van der Waals surface area contributed by atoms with E-state index in [0.29, 0.717) is 12.1 Å². The van der Waals surface area contributed by atoms with Crippen LogP contribution in [0.25, 0.3) is 0 Å². The fourth-order valence-electron chi connectivity index (χ4n) is 0.839. The van der Waals surface area contributed by atoms with Gasteiger partial charge in [-0.05, 0) is 12.5 Å². The van der Waals surface area contributed by atoms with Gasteiger partial charge >= 0.3 is 58.4 Å². The smallest absolute Gasteiger partial charge is 0.445 e. The molecule has 0 saturated heterocycles. The minimum Gasteiger partial charge on any atom is -0.445 e. The van der Waals surface area contributed by atoms with E-state index in [1.165, 1.54) is 6.07 Å². The van der Waals surface area contributed by atoms with Crippen LogP contribution in [0, 0.1) is 0 Å². The third-order valence-electron chi connectivity index (χ3n) is 1.59. The largest absolute Gasteiger partial charge is 1.00 e. The van der Waals surface area contributed by atoms with Crippen LogP contribution >= 0.6 is 0 Å². The Balaban J connectivity index is 0.00000144. The molecular weight excluding hydrogens is 205 g/mol. The zero-order valence-electron chi connectivity index (χ0n) is 7.60. The number of aryl methyl sites for hydroxylation is 1. The molecule has 1 heterocycles. The van der Waals surface area contributed by atoms with Gasteiger partial charge in [-0.1, -0.05) is 18.5 Å². The molecule has 1 aromatic heterocycles. The van der Waals surface area contributed by atoms with Gasteiger partial charge in [0.2, 0.25) is 0 Å². The van der Waals surface area contributed by atoms with Gasteiger partial charge in [-0.25, -0.2) is 0 Å². The van der Waals surface area contributed by atoms with Crippen molar-refractivity contribution in [3.05, 3.63) is 24.0 Å². The first kappa shape index (κ1) is 13.6. The van der Waals surface area contributed by atoms with E-state index in [1.54, 1.807) is 0 Å². The molecule has 0 aromatic carbocycles. The molecule has 0 aliphatic rings. The average Bonchev–Trinajstić information content (AvgIpc) is 2.03. The summed E-state index contributed by atoms with van der Waals surface area (Å²) in [6.45, 7) is -3.04. The number of hydrogen-bond acceptors (Lipinski definition) is 1. The second kappa shape index (κ2) is 5.50. The van der Waals surface area contributed by atoms with Gasteiger partial charge in [-0.15, -0.1) is 0 Å². The maximum Gasteiger partial charge on any atom is 1.00 e. The third kappa shape index (κ3) is 4.12. The molecule has 0 bridgehead atoms. The van der Waals surface area contributed by atoms with Crippen LogP contribution < -0.4 is 56.8 Å². The predicted molar refractivity (Wildman–Crippen MR) is 42.3 cm³/mol. The van der Waals surface area contributed by atoms with Crippen LogP contribution in [0.2, 0.25) is 0 Å². The second-order valence-electron chi connectivity index (χ2n) is 2.51. The van der Waals surface area contributed by atoms with E-state index >= 15 is 0 Å². The molecule has 0 unspecified atom stereocenters. The molecule has 0 radical (unpaired) electrons. The van der Waals surface area contributed by atoms with Crippen molar-refractivity contribution in [1.29, 1.82) is 0 Å². The Kier molecular flexibility index (Phi) is 5.78. The van der Waals surface area contributed by atoms with E-state index in [0.717, 1.165) is 12.3 Å². The van der Waals surface area contributed by atoms with Gasteiger partial charge in [-0.3, -0.25) is 4.98 Å². The van der Waals surface area contributed by atoms with Gasteiger partial charge in [0.15, 0.2) is 0 Å². The molecule has 0 saturated carbocycles. The molecular formula is C7H8BF3KN. The van der Waals surface area contributed by atoms with Crippen LogP contribution in [0.5, 0.6) is 0 Å². The van der Waals surface area contributed by atoms with Crippen LogP contribution in [0.15, 0.2) is 18.3 Å². The van der Waals surface area contributed by atoms with Crippen molar-refractivity contribution in [2.24, 2.45) is 0 Å².